The van der Waals surface area contributed by atoms with Crippen LogP contribution in [0.1, 0.15) is 43.7 Å². The zero-order valence-electron chi connectivity index (χ0n) is 15.7. The zero-order valence-corrected chi connectivity index (χ0v) is 15.7. The molecule has 3 aromatic rings. The Kier molecular flexibility index (Phi) is 5.10. The Bertz CT molecular complexity index is 934. The lowest BCUT2D eigenvalue weighted by molar-refractivity contribution is -0.133. The van der Waals surface area contributed by atoms with Crippen LogP contribution >= 0.6 is 0 Å². The number of benzene rings is 1. The zero-order chi connectivity index (χ0) is 18.6. The Balaban J connectivity index is 1.61. The Morgan fingerprint density at radius 2 is 2.00 bits per heavy atom. The smallest absolute Gasteiger partial charge is 0.242 e. The number of amides is 1. The van der Waals surface area contributed by atoms with E-state index in [-0.39, 0.29) is 5.91 Å². The molecule has 1 fully saturated rings. The van der Waals surface area contributed by atoms with Gasteiger partial charge in [-0.2, -0.15) is 0 Å². The number of likely N-dealkylation sites (N-methyl/N-ethyl adjacent to an activating group) is 1. The maximum Gasteiger partial charge on any atom is 0.242 e. The highest BCUT2D eigenvalue weighted by molar-refractivity contribution is 5.83. The minimum absolute atomic E-state index is 0.137. The monoisotopic (exact) mass is 363 g/mol. The minimum Gasteiger partial charge on any atom is -0.465 e. The number of imidazole rings is 1. The van der Waals surface area contributed by atoms with Crippen molar-refractivity contribution in [2.24, 2.45) is 0 Å². The Morgan fingerprint density at radius 3 is 2.78 bits per heavy atom. The summed E-state index contributed by atoms with van der Waals surface area (Å²) in [5.74, 6) is 1.66. The molecule has 1 amide bonds. The van der Waals surface area contributed by atoms with Gasteiger partial charge in [-0.25, -0.2) is 4.98 Å². The van der Waals surface area contributed by atoms with Crippen LogP contribution in [0.3, 0.4) is 0 Å². The Labute approximate surface area is 159 Å². The van der Waals surface area contributed by atoms with Crippen molar-refractivity contribution in [1.82, 2.24) is 14.5 Å². The molecule has 0 N–H and O–H groups in total. The summed E-state index contributed by atoms with van der Waals surface area (Å²) in [5.41, 5.74) is 1.87. The fourth-order valence-corrected chi connectivity index (χ4v) is 3.85. The first kappa shape index (κ1) is 17.6. The van der Waals surface area contributed by atoms with Gasteiger partial charge in [0.1, 0.15) is 18.1 Å². The van der Waals surface area contributed by atoms with Crippen molar-refractivity contribution < 1.29 is 9.21 Å². The molecule has 2 heterocycles. The summed E-state index contributed by atoms with van der Waals surface area (Å²) in [4.78, 5) is 19.6. The lowest BCUT2D eigenvalue weighted by Crippen LogP contribution is -2.40. The van der Waals surface area contributed by atoms with Gasteiger partial charge < -0.3 is 13.9 Å². The number of rotatable bonds is 5. The number of aromatic nitrogens is 2. The summed E-state index contributed by atoms with van der Waals surface area (Å²) in [7, 11) is 1.94. The van der Waals surface area contributed by atoms with Crippen LogP contribution in [0.5, 0.6) is 0 Å². The molecule has 0 saturated heterocycles. The molecule has 0 spiro atoms. The molecule has 5 heteroatoms. The van der Waals surface area contributed by atoms with Gasteiger partial charge >= 0.3 is 0 Å². The summed E-state index contributed by atoms with van der Waals surface area (Å²) in [6.07, 6.45) is 11.4. The summed E-state index contributed by atoms with van der Waals surface area (Å²) < 4.78 is 7.37. The molecule has 5 nitrogen and oxygen atoms in total. The largest absolute Gasteiger partial charge is 0.465 e. The third kappa shape index (κ3) is 3.82. The summed E-state index contributed by atoms with van der Waals surface area (Å²) in [5, 5.41) is 0. The topological polar surface area (TPSA) is 51.3 Å². The molecule has 0 unspecified atom stereocenters. The van der Waals surface area contributed by atoms with E-state index in [0.29, 0.717) is 12.6 Å². The second-order valence-electron chi connectivity index (χ2n) is 7.19. The van der Waals surface area contributed by atoms with Gasteiger partial charge in [-0.15, -0.1) is 0 Å². The first-order valence-electron chi connectivity index (χ1n) is 9.65. The molecular formula is C22H25N3O2. The highest BCUT2D eigenvalue weighted by Crippen LogP contribution is 2.23. The van der Waals surface area contributed by atoms with E-state index in [1.165, 1.54) is 19.3 Å². The van der Waals surface area contributed by atoms with E-state index in [9.17, 15) is 4.79 Å². The average molecular weight is 363 g/mol. The number of nitrogens with zero attached hydrogens (tertiary/aromatic N) is 3. The summed E-state index contributed by atoms with van der Waals surface area (Å²) in [6, 6.07) is 12.1. The van der Waals surface area contributed by atoms with E-state index >= 15 is 0 Å². The van der Waals surface area contributed by atoms with E-state index in [1.54, 1.807) is 6.26 Å². The molecule has 1 saturated carbocycles. The second-order valence-corrected chi connectivity index (χ2v) is 7.19. The average Bonchev–Trinajstić information content (AvgIpc) is 3.34. The number of fused-ring (bicyclic) bond motifs is 1. The Hall–Kier alpha value is -2.82. The number of carbonyl (C=O) groups excluding carboxylic acids is 1. The Morgan fingerprint density at radius 1 is 1.19 bits per heavy atom. The molecule has 0 atom stereocenters. The van der Waals surface area contributed by atoms with Crippen molar-refractivity contribution in [2.75, 3.05) is 7.05 Å². The van der Waals surface area contributed by atoms with Gasteiger partial charge in [-0.1, -0.05) is 31.4 Å². The SMILES string of the molecule is CN(C(=O)Cn1c(/C=C/c2ccco2)nc2ccccc21)C1CCCCC1. The van der Waals surface area contributed by atoms with Crippen LogP contribution in [-0.4, -0.2) is 33.4 Å². The van der Waals surface area contributed by atoms with Crippen LogP contribution in [-0.2, 0) is 11.3 Å². The van der Waals surface area contributed by atoms with Crippen LogP contribution < -0.4 is 0 Å². The van der Waals surface area contributed by atoms with Crippen LogP contribution in [0.15, 0.2) is 47.1 Å². The van der Waals surface area contributed by atoms with Gasteiger partial charge in [0.15, 0.2) is 0 Å². The van der Waals surface area contributed by atoms with Crippen molar-refractivity contribution in [2.45, 2.75) is 44.7 Å². The van der Waals surface area contributed by atoms with E-state index < -0.39 is 0 Å². The second kappa shape index (κ2) is 7.82. The maximum absolute atomic E-state index is 13.0. The van der Waals surface area contributed by atoms with Gasteiger partial charge in [0, 0.05) is 13.1 Å². The lowest BCUT2D eigenvalue weighted by atomic mass is 9.94. The molecule has 0 aliphatic heterocycles. The van der Waals surface area contributed by atoms with Gasteiger partial charge in [0.25, 0.3) is 0 Å². The fraction of sp³-hybridized carbons (Fsp3) is 0.364. The maximum atomic E-state index is 13.0. The predicted octanol–water partition coefficient (Wildman–Crippen LogP) is 4.59. The first-order valence-corrected chi connectivity index (χ1v) is 9.65. The normalized spacial score (nSPS) is 15.6. The van der Waals surface area contributed by atoms with Gasteiger partial charge in [-0.3, -0.25) is 4.79 Å². The van der Waals surface area contributed by atoms with Crippen molar-refractivity contribution in [3.05, 3.63) is 54.2 Å². The van der Waals surface area contributed by atoms with Gasteiger partial charge in [0.05, 0.1) is 17.3 Å². The van der Waals surface area contributed by atoms with Crippen LogP contribution in [0.4, 0.5) is 0 Å². The fourth-order valence-electron chi connectivity index (χ4n) is 3.85. The van der Waals surface area contributed by atoms with E-state index in [2.05, 4.69) is 0 Å². The van der Waals surface area contributed by atoms with Crippen LogP contribution in [0.2, 0.25) is 0 Å². The number of furan rings is 1. The van der Waals surface area contributed by atoms with E-state index in [4.69, 9.17) is 9.40 Å². The van der Waals surface area contributed by atoms with Crippen molar-refractivity contribution in [1.29, 1.82) is 0 Å². The number of para-hydroxylation sites is 2. The molecule has 4 rings (SSSR count). The minimum atomic E-state index is 0.137. The third-order valence-corrected chi connectivity index (χ3v) is 5.43. The van der Waals surface area contributed by atoms with Gasteiger partial charge in [0.2, 0.25) is 5.91 Å². The lowest BCUT2D eigenvalue weighted by Gasteiger charge is -2.31. The molecule has 2 aromatic heterocycles. The van der Waals surface area contributed by atoms with Crippen LogP contribution in [0, 0.1) is 0 Å². The van der Waals surface area contributed by atoms with Gasteiger partial charge in [-0.05, 0) is 49.3 Å². The van der Waals surface area contributed by atoms with Crippen molar-refractivity contribution in [3.8, 4) is 0 Å². The predicted molar refractivity (Wildman–Crippen MR) is 107 cm³/mol. The molecule has 27 heavy (non-hydrogen) atoms. The third-order valence-electron chi connectivity index (χ3n) is 5.43. The molecule has 1 aliphatic carbocycles. The molecular weight excluding hydrogens is 338 g/mol. The number of carbonyl (C=O) groups is 1. The standard InChI is InChI=1S/C22H25N3O2/c1-24(17-8-3-2-4-9-17)22(26)16-25-20-12-6-5-11-19(20)23-21(25)14-13-18-10-7-15-27-18/h5-7,10-15,17H,2-4,8-9,16H2,1H3/b14-13+. The summed E-state index contributed by atoms with van der Waals surface area (Å²) >= 11 is 0. The van der Waals surface area contributed by atoms with E-state index in [0.717, 1.165) is 35.5 Å². The number of hydrogen-bond donors (Lipinski definition) is 0. The quantitative estimate of drug-likeness (QED) is 0.666. The van der Waals surface area contributed by atoms with Crippen molar-refractivity contribution in [3.63, 3.8) is 0 Å². The van der Waals surface area contributed by atoms with E-state index in [1.807, 2.05) is 65.1 Å². The van der Waals surface area contributed by atoms with Crippen molar-refractivity contribution >= 4 is 29.1 Å². The molecule has 1 aliphatic rings. The highest BCUT2D eigenvalue weighted by Gasteiger charge is 2.23. The molecule has 1 aromatic carbocycles. The molecule has 0 radical (unpaired) electrons. The molecule has 140 valence electrons. The number of hydrogen-bond acceptors (Lipinski definition) is 3. The molecule has 0 bridgehead atoms. The first-order chi connectivity index (χ1) is 13.2. The van der Waals surface area contributed by atoms with Crippen LogP contribution in [0.25, 0.3) is 23.2 Å². The summed E-state index contributed by atoms with van der Waals surface area (Å²) in [6.45, 7) is 0.297. The highest BCUT2D eigenvalue weighted by atomic mass is 16.3.